The van der Waals surface area contributed by atoms with Crippen molar-refractivity contribution < 1.29 is 28.8 Å². The smallest absolute Gasteiger partial charge is 0.407 e. The molecule has 3 aromatic rings. The Hall–Kier alpha value is -4.14. The molecule has 0 saturated heterocycles. The highest BCUT2D eigenvalue weighted by Gasteiger charge is 2.29. The fraction of sp³-hybridized carbons (Fsp3) is 0.280. The summed E-state index contributed by atoms with van der Waals surface area (Å²) in [5.74, 6) is -2.18. The molecular formula is C25H25N3O6. The molecule has 2 aromatic carbocycles. The normalized spacial score (nSPS) is 13.1. The molecule has 34 heavy (non-hydrogen) atoms. The van der Waals surface area contributed by atoms with Crippen molar-refractivity contribution in [1.29, 1.82) is 0 Å². The molecular weight excluding hydrogens is 438 g/mol. The Balaban J connectivity index is 1.36. The molecule has 1 aliphatic carbocycles. The first kappa shape index (κ1) is 23.0. The molecule has 4 rings (SSSR count). The average Bonchev–Trinajstić information content (AvgIpc) is 3.42. The van der Waals surface area contributed by atoms with Crippen molar-refractivity contribution in [1.82, 2.24) is 15.8 Å². The van der Waals surface area contributed by atoms with Gasteiger partial charge in [-0.05, 0) is 28.2 Å². The Bertz CT molecular complexity index is 1170. The van der Waals surface area contributed by atoms with Crippen LogP contribution in [0.15, 0.2) is 59.3 Å². The van der Waals surface area contributed by atoms with Crippen LogP contribution in [0.3, 0.4) is 0 Å². The quantitative estimate of drug-likeness (QED) is 0.466. The number of carbonyl (C=O) groups excluding carboxylic acids is 2. The van der Waals surface area contributed by atoms with Gasteiger partial charge in [0, 0.05) is 5.92 Å². The Morgan fingerprint density at radius 1 is 1.06 bits per heavy atom. The monoisotopic (exact) mass is 463 g/mol. The molecule has 2 amide bonds. The first-order valence-electron chi connectivity index (χ1n) is 10.9. The number of aliphatic carboxylic acids is 1. The van der Waals surface area contributed by atoms with Crippen LogP contribution in [0.2, 0.25) is 0 Å². The van der Waals surface area contributed by atoms with Gasteiger partial charge in [-0.25, -0.2) is 9.59 Å². The van der Waals surface area contributed by atoms with Crippen LogP contribution in [0.4, 0.5) is 4.79 Å². The summed E-state index contributed by atoms with van der Waals surface area (Å²) in [7, 11) is 0. The minimum atomic E-state index is -1.14. The minimum Gasteiger partial charge on any atom is -0.480 e. The maximum Gasteiger partial charge on any atom is 0.407 e. The minimum absolute atomic E-state index is 0.0471. The number of hydrogen-bond acceptors (Lipinski definition) is 6. The largest absolute Gasteiger partial charge is 0.480 e. The zero-order chi connectivity index (χ0) is 24.2. The second kappa shape index (κ2) is 9.78. The van der Waals surface area contributed by atoms with E-state index in [9.17, 15) is 19.5 Å². The van der Waals surface area contributed by atoms with Crippen LogP contribution in [0, 0.1) is 5.92 Å². The number of alkyl carbamates (subject to hydrolysis) is 1. The number of aromatic nitrogens is 1. The van der Waals surface area contributed by atoms with Gasteiger partial charge in [0.15, 0.2) is 0 Å². The lowest BCUT2D eigenvalue weighted by atomic mass is 9.98. The van der Waals surface area contributed by atoms with Gasteiger partial charge < -0.3 is 25.0 Å². The van der Waals surface area contributed by atoms with Gasteiger partial charge in [0.2, 0.25) is 0 Å². The van der Waals surface area contributed by atoms with Crippen molar-refractivity contribution in [2.75, 3.05) is 6.61 Å². The van der Waals surface area contributed by atoms with Gasteiger partial charge in [0.05, 0.1) is 6.54 Å². The second-order valence-electron chi connectivity index (χ2n) is 8.39. The van der Waals surface area contributed by atoms with Crippen molar-refractivity contribution in [3.8, 4) is 11.1 Å². The number of nitrogens with one attached hydrogen (secondary N) is 2. The number of hydrogen-bond donors (Lipinski definition) is 3. The molecule has 1 aromatic heterocycles. The predicted molar refractivity (Wildman–Crippen MR) is 122 cm³/mol. The first-order valence-corrected chi connectivity index (χ1v) is 10.9. The molecule has 3 N–H and O–H groups in total. The van der Waals surface area contributed by atoms with Crippen LogP contribution in [0.1, 0.15) is 46.9 Å². The van der Waals surface area contributed by atoms with E-state index in [-0.39, 0.29) is 36.2 Å². The standard InChI is InChI=1S/C25H25N3O6/c1-14(2)22(24(30)31)27-23(29)20-13-34-28-21(20)11-26-25(32)33-12-19-17-9-5-3-7-15(17)16-8-4-6-10-18(16)19/h3-10,13-14,19,22H,11-12H2,1-2H3,(H,26,32)(H,27,29)(H,30,31)/t22-/m0/s1. The number of nitrogens with zero attached hydrogens (tertiary/aromatic N) is 1. The molecule has 0 bridgehead atoms. The van der Waals surface area contributed by atoms with Crippen LogP contribution >= 0.6 is 0 Å². The van der Waals surface area contributed by atoms with Gasteiger partial charge in [-0.2, -0.15) is 0 Å². The number of rotatable bonds is 8. The Labute approximate surface area is 196 Å². The van der Waals surface area contributed by atoms with Crippen molar-refractivity contribution in [2.24, 2.45) is 5.92 Å². The van der Waals surface area contributed by atoms with E-state index in [1.54, 1.807) is 13.8 Å². The van der Waals surface area contributed by atoms with Crippen molar-refractivity contribution in [3.63, 3.8) is 0 Å². The summed E-state index contributed by atoms with van der Waals surface area (Å²) in [4.78, 5) is 36.2. The van der Waals surface area contributed by atoms with Crippen LogP contribution < -0.4 is 10.6 Å². The molecule has 176 valence electrons. The van der Waals surface area contributed by atoms with E-state index < -0.39 is 24.0 Å². The predicted octanol–water partition coefficient (Wildman–Crippen LogP) is 3.55. The lowest BCUT2D eigenvalue weighted by Crippen LogP contribution is -2.44. The summed E-state index contributed by atoms with van der Waals surface area (Å²) in [6.45, 7) is 3.41. The molecule has 0 spiro atoms. The molecule has 1 atom stereocenters. The number of ether oxygens (including phenoxy) is 1. The van der Waals surface area contributed by atoms with Gasteiger partial charge in [0.1, 0.15) is 30.2 Å². The van der Waals surface area contributed by atoms with Crippen LogP contribution in [-0.4, -0.2) is 40.9 Å². The molecule has 0 saturated carbocycles. The van der Waals surface area contributed by atoms with E-state index in [1.807, 2.05) is 36.4 Å². The zero-order valence-corrected chi connectivity index (χ0v) is 18.8. The maximum absolute atomic E-state index is 12.5. The van der Waals surface area contributed by atoms with E-state index in [4.69, 9.17) is 9.26 Å². The summed E-state index contributed by atoms with van der Waals surface area (Å²) < 4.78 is 10.3. The fourth-order valence-corrected chi connectivity index (χ4v) is 4.11. The van der Waals surface area contributed by atoms with Gasteiger partial charge in [-0.3, -0.25) is 4.79 Å². The molecule has 9 nitrogen and oxygen atoms in total. The lowest BCUT2D eigenvalue weighted by Gasteiger charge is -2.17. The van der Waals surface area contributed by atoms with Crippen molar-refractivity contribution >= 4 is 18.0 Å². The van der Waals surface area contributed by atoms with Crippen LogP contribution in [-0.2, 0) is 16.1 Å². The van der Waals surface area contributed by atoms with E-state index in [0.717, 1.165) is 28.5 Å². The van der Waals surface area contributed by atoms with E-state index >= 15 is 0 Å². The average molecular weight is 463 g/mol. The summed E-state index contributed by atoms with van der Waals surface area (Å²) in [6, 6.07) is 15.0. The zero-order valence-electron chi connectivity index (χ0n) is 18.8. The van der Waals surface area contributed by atoms with Gasteiger partial charge in [-0.15, -0.1) is 0 Å². The van der Waals surface area contributed by atoms with Gasteiger partial charge in [-0.1, -0.05) is 67.5 Å². The highest BCUT2D eigenvalue weighted by Crippen LogP contribution is 2.44. The third kappa shape index (κ3) is 4.63. The SMILES string of the molecule is CC(C)[C@H](NC(=O)c1conc1CNC(=O)OCC1c2ccccc2-c2ccccc21)C(=O)O. The third-order valence-corrected chi connectivity index (χ3v) is 5.85. The number of fused-ring (bicyclic) bond motifs is 3. The van der Waals surface area contributed by atoms with Crippen molar-refractivity contribution in [2.45, 2.75) is 32.4 Å². The van der Waals surface area contributed by atoms with E-state index in [0.29, 0.717) is 0 Å². The van der Waals surface area contributed by atoms with E-state index in [2.05, 4.69) is 27.9 Å². The number of carboxylic acids is 1. The second-order valence-corrected chi connectivity index (χ2v) is 8.39. The molecule has 0 aliphatic heterocycles. The highest BCUT2D eigenvalue weighted by molar-refractivity contribution is 5.97. The molecule has 0 unspecified atom stereocenters. The van der Waals surface area contributed by atoms with Crippen LogP contribution in [0.5, 0.6) is 0 Å². The fourth-order valence-electron chi connectivity index (χ4n) is 4.11. The van der Waals surface area contributed by atoms with Gasteiger partial charge >= 0.3 is 12.1 Å². The summed E-state index contributed by atoms with van der Waals surface area (Å²) >= 11 is 0. The number of benzene rings is 2. The number of carboxylic acid groups (broad SMARTS) is 1. The Morgan fingerprint density at radius 2 is 1.68 bits per heavy atom. The highest BCUT2D eigenvalue weighted by atomic mass is 16.5. The maximum atomic E-state index is 12.5. The molecule has 1 heterocycles. The van der Waals surface area contributed by atoms with Crippen LogP contribution in [0.25, 0.3) is 11.1 Å². The van der Waals surface area contributed by atoms with E-state index in [1.165, 1.54) is 0 Å². The molecule has 0 radical (unpaired) electrons. The number of carbonyl (C=O) groups is 3. The Morgan fingerprint density at radius 3 is 2.26 bits per heavy atom. The first-order chi connectivity index (χ1) is 16.4. The van der Waals surface area contributed by atoms with Gasteiger partial charge in [0.25, 0.3) is 5.91 Å². The lowest BCUT2D eigenvalue weighted by molar-refractivity contribution is -0.140. The number of amides is 2. The third-order valence-electron chi connectivity index (χ3n) is 5.85. The van der Waals surface area contributed by atoms with Crippen molar-refractivity contribution in [3.05, 3.63) is 77.2 Å². The molecule has 0 fully saturated rings. The Kier molecular flexibility index (Phi) is 6.62. The summed E-state index contributed by atoms with van der Waals surface area (Å²) in [5, 5.41) is 18.0. The summed E-state index contributed by atoms with van der Waals surface area (Å²) in [5.41, 5.74) is 4.68. The molecule has 1 aliphatic rings. The summed E-state index contributed by atoms with van der Waals surface area (Å²) in [6.07, 6.45) is 0.449. The molecule has 9 heteroatoms. The topological polar surface area (TPSA) is 131 Å².